The number of aromatic nitrogens is 1. The minimum Gasteiger partial charge on any atom is -0.333 e. The maximum atomic E-state index is 2.88. The van der Waals surface area contributed by atoms with Crippen molar-refractivity contribution in [3.63, 3.8) is 0 Å². The van der Waals surface area contributed by atoms with E-state index in [-0.39, 0.29) is 21.8 Å². The lowest BCUT2D eigenvalue weighted by Gasteiger charge is -2.53. The Morgan fingerprint density at radius 1 is 0.667 bits per heavy atom. The molecule has 0 radical (unpaired) electrons. The molecule has 0 bridgehead atoms. The molecule has 4 heterocycles. The van der Waals surface area contributed by atoms with Crippen LogP contribution in [-0.4, -0.2) is 10.1 Å². The number of benzene rings is 5. The Bertz CT molecular complexity index is 2500. The summed E-state index contributed by atoms with van der Waals surface area (Å²) in [7, 11) is -0.935. The van der Waals surface area contributed by atoms with Crippen molar-refractivity contribution >= 4 is 63.3 Å². The third-order valence-corrected chi connectivity index (χ3v) is 16.4. The molecule has 4 heteroatoms. The molecule has 3 aliphatic heterocycles. The number of nitrogens with zero attached hydrogens (tertiary/aromatic N) is 3. The van der Waals surface area contributed by atoms with Crippen LogP contribution in [0.15, 0.2) is 103 Å². The Kier molecular flexibility index (Phi) is 7.19. The summed E-state index contributed by atoms with van der Waals surface area (Å²) in [6.45, 7) is 21.5. The molecular weight excluding hydrogens is 674 g/mol. The second-order valence-corrected chi connectivity index (χ2v) is 21.0. The van der Waals surface area contributed by atoms with Gasteiger partial charge in [0.25, 0.3) is 0 Å². The number of fused-ring (bicyclic) bond motifs is 9. The predicted molar refractivity (Wildman–Crippen MR) is 233 cm³/mol. The molecule has 1 aliphatic carbocycles. The summed E-state index contributed by atoms with van der Waals surface area (Å²) in [5.74, 6) is 0. The van der Waals surface area contributed by atoms with Crippen LogP contribution < -0.4 is 25.8 Å². The molecule has 1 aromatic heterocycles. The van der Waals surface area contributed by atoms with E-state index in [1.807, 2.05) is 0 Å². The van der Waals surface area contributed by atoms with Crippen LogP contribution >= 0.6 is 7.92 Å². The van der Waals surface area contributed by atoms with E-state index in [0.29, 0.717) is 0 Å². The molecule has 3 atom stereocenters. The molecule has 5 aromatic carbocycles. The Morgan fingerprint density at radius 3 is 2.06 bits per heavy atom. The fraction of sp³-hybridized carbons (Fsp3) is 0.360. The van der Waals surface area contributed by atoms with Crippen LogP contribution in [0.1, 0.15) is 110 Å². The zero-order chi connectivity index (χ0) is 37.5. The maximum Gasteiger partial charge on any atom is 0.0807 e. The highest BCUT2D eigenvalue weighted by Gasteiger charge is 2.61. The largest absolute Gasteiger partial charge is 0.333 e. The normalized spacial score (nSPS) is 22.6. The van der Waals surface area contributed by atoms with Crippen LogP contribution in [0.4, 0.5) is 28.4 Å². The Morgan fingerprint density at radius 2 is 1.35 bits per heavy atom. The van der Waals surface area contributed by atoms with Gasteiger partial charge in [0.1, 0.15) is 0 Å². The van der Waals surface area contributed by atoms with Gasteiger partial charge in [-0.05, 0) is 108 Å². The van der Waals surface area contributed by atoms with Crippen molar-refractivity contribution in [2.24, 2.45) is 0 Å². The molecule has 6 aromatic rings. The molecule has 3 nitrogen and oxygen atoms in total. The van der Waals surface area contributed by atoms with E-state index < -0.39 is 7.92 Å². The summed E-state index contributed by atoms with van der Waals surface area (Å²) in [5.41, 5.74) is 16.8. The predicted octanol–water partition coefficient (Wildman–Crippen LogP) is 12.4. The van der Waals surface area contributed by atoms with Gasteiger partial charge in [-0.25, -0.2) is 0 Å². The van der Waals surface area contributed by atoms with Gasteiger partial charge in [0.15, 0.2) is 0 Å². The quantitative estimate of drug-likeness (QED) is 0.168. The average molecular weight is 728 g/mol. The Balaban J connectivity index is 1.39. The monoisotopic (exact) mass is 727 g/mol. The van der Waals surface area contributed by atoms with Crippen molar-refractivity contribution < 1.29 is 0 Å². The number of para-hydroxylation sites is 2. The SMILES string of the molecule is CCc1cc2c3c(c1)N1c4c(cccc4C4(C)CCCCC14C)P3c1c(c3cc(C(C)(C)C)ccc3n1-c1ccccc1)N2c1ccc(C(C)(C)C)cc1. The van der Waals surface area contributed by atoms with Crippen LogP contribution in [0.3, 0.4) is 0 Å². The molecule has 0 N–H and O–H groups in total. The topological polar surface area (TPSA) is 11.4 Å². The second-order valence-electron chi connectivity index (χ2n) is 19.0. The number of hydrogen-bond acceptors (Lipinski definition) is 2. The van der Waals surface area contributed by atoms with Crippen molar-refractivity contribution in [1.29, 1.82) is 0 Å². The van der Waals surface area contributed by atoms with E-state index in [4.69, 9.17) is 0 Å². The molecule has 274 valence electrons. The van der Waals surface area contributed by atoms with Gasteiger partial charge in [-0.2, -0.15) is 0 Å². The van der Waals surface area contributed by atoms with Gasteiger partial charge >= 0.3 is 0 Å². The Labute approximate surface area is 323 Å². The first-order chi connectivity index (χ1) is 25.8. The smallest absolute Gasteiger partial charge is 0.0807 e. The van der Waals surface area contributed by atoms with Crippen molar-refractivity contribution in [3.8, 4) is 5.69 Å². The van der Waals surface area contributed by atoms with Gasteiger partial charge in [-0.1, -0.05) is 123 Å². The molecule has 10 rings (SSSR count). The van der Waals surface area contributed by atoms with Crippen LogP contribution in [0.25, 0.3) is 16.6 Å². The van der Waals surface area contributed by atoms with E-state index >= 15 is 0 Å². The number of anilines is 5. The van der Waals surface area contributed by atoms with E-state index in [9.17, 15) is 0 Å². The van der Waals surface area contributed by atoms with Crippen LogP contribution in [0.5, 0.6) is 0 Å². The number of hydrogen-bond donors (Lipinski definition) is 0. The molecule has 0 saturated heterocycles. The molecular formula is C50H54N3P. The van der Waals surface area contributed by atoms with Crippen molar-refractivity contribution in [3.05, 3.63) is 125 Å². The Hall–Kier alpha value is -4.33. The van der Waals surface area contributed by atoms with Crippen LogP contribution in [-0.2, 0) is 22.7 Å². The molecule has 0 amide bonds. The van der Waals surface area contributed by atoms with E-state index in [0.717, 1.165) is 6.42 Å². The number of rotatable bonds is 3. The van der Waals surface area contributed by atoms with Gasteiger partial charge in [0.05, 0.1) is 39.2 Å². The van der Waals surface area contributed by atoms with Crippen molar-refractivity contribution in [2.45, 2.75) is 116 Å². The van der Waals surface area contributed by atoms with Gasteiger partial charge in [-0.3, -0.25) is 0 Å². The lowest BCUT2D eigenvalue weighted by Crippen LogP contribution is -2.56. The highest BCUT2D eigenvalue weighted by Crippen LogP contribution is 2.67. The van der Waals surface area contributed by atoms with Gasteiger partial charge < -0.3 is 14.4 Å². The summed E-state index contributed by atoms with van der Waals surface area (Å²) in [6, 6.07) is 40.6. The molecule has 0 spiro atoms. The summed E-state index contributed by atoms with van der Waals surface area (Å²) in [6.07, 6.45) is 6.03. The molecule has 3 unspecified atom stereocenters. The van der Waals surface area contributed by atoms with Gasteiger partial charge in [0.2, 0.25) is 0 Å². The molecule has 1 saturated carbocycles. The summed E-state index contributed by atoms with van der Waals surface area (Å²) >= 11 is 0. The molecule has 54 heavy (non-hydrogen) atoms. The van der Waals surface area contributed by atoms with Crippen molar-refractivity contribution in [1.82, 2.24) is 4.57 Å². The minimum atomic E-state index is -0.935. The van der Waals surface area contributed by atoms with Gasteiger partial charge in [-0.15, -0.1) is 0 Å². The van der Waals surface area contributed by atoms with E-state index in [1.165, 1.54) is 103 Å². The molecule has 1 fully saturated rings. The number of aryl methyl sites for hydroxylation is 1. The molecule has 4 aliphatic rings. The summed E-state index contributed by atoms with van der Waals surface area (Å²) < 4.78 is 2.65. The summed E-state index contributed by atoms with van der Waals surface area (Å²) in [4.78, 5) is 5.56. The first kappa shape index (κ1) is 34.2. The minimum absolute atomic E-state index is 0.0124. The zero-order valence-corrected chi connectivity index (χ0v) is 34.5. The fourth-order valence-corrected chi connectivity index (χ4v) is 13.6. The van der Waals surface area contributed by atoms with Gasteiger partial charge in [0, 0.05) is 40.7 Å². The second kappa shape index (κ2) is 11.4. The maximum absolute atomic E-state index is 2.88. The van der Waals surface area contributed by atoms with Crippen LogP contribution in [0, 0.1) is 0 Å². The fourth-order valence-electron chi connectivity index (χ4n) is 10.6. The third kappa shape index (κ3) is 4.45. The highest BCUT2D eigenvalue weighted by atomic mass is 31.1. The lowest BCUT2D eigenvalue weighted by molar-refractivity contribution is 0.195. The lowest BCUT2D eigenvalue weighted by atomic mass is 9.61. The zero-order valence-electron chi connectivity index (χ0n) is 33.6. The van der Waals surface area contributed by atoms with Crippen molar-refractivity contribution in [2.75, 3.05) is 9.80 Å². The standard InChI is InChI=1S/C50H54N3P/c1-10-32-29-40-45-41(30-32)53-44-38(49(8)27-14-15-28-50(49,53)9)19-16-20-42(44)54(45)46-43(51(40)36-24-21-33(22-25-36)47(2,3)4)37-31-34(48(5,6)7)23-26-39(37)52(46)35-17-12-11-13-18-35/h11-13,16-26,29-31H,10,14-15,27-28H2,1-9H3. The first-order valence-corrected chi connectivity index (χ1v) is 21.7. The average Bonchev–Trinajstić information content (AvgIpc) is 3.60. The van der Waals surface area contributed by atoms with E-state index in [1.54, 1.807) is 5.56 Å². The summed E-state index contributed by atoms with van der Waals surface area (Å²) in [5, 5.41) is 4.38. The first-order valence-electron chi connectivity index (χ1n) is 20.3. The van der Waals surface area contributed by atoms with Crippen LogP contribution in [0.2, 0.25) is 0 Å². The van der Waals surface area contributed by atoms with E-state index in [2.05, 4.69) is 180 Å². The highest BCUT2D eigenvalue weighted by molar-refractivity contribution is 7.81. The third-order valence-electron chi connectivity index (χ3n) is 13.8.